The van der Waals surface area contributed by atoms with Gasteiger partial charge in [-0.15, -0.1) is 0 Å². The van der Waals surface area contributed by atoms with Gasteiger partial charge in [0.2, 0.25) is 0 Å². The van der Waals surface area contributed by atoms with Crippen molar-refractivity contribution in [3.05, 3.63) is 96.7 Å². The van der Waals surface area contributed by atoms with Gasteiger partial charge in [0.05, 0.1) is 35.6 Å². The van der Waals surface area contributed by atoms with E-state index in [-0.39, 0.29) is 12.2 Å². The number of carbonyl (C=O) groups excluding carboxylic acids is 1. The summed E-state index contributed by atoms with van der Waals surface area (Å²) in [7, 11) is 1.60. The van der Waals surface area contributed by atoms with Crippen LogP contribution < -0.4 is 19.6 Å². The van der Waals surface area contributed by atoms with Crippen molar-refractivity contribution in [1.82, 2.24) is 4.57 Å². The van der Waals surface area contributed by atoms with Crippen molar-refractivity contribution in [2.75, 3.05) is 13.7 Å². The first kappa shape index (κ1) is 20.8. The van der Waals surface area contributed by atoms with Crippen LogP contribution in [0.15, 0.2) is 75.7 Å². The molecule has 0 aliphatic carbocycles. The van der Waals surface area contributed by atoms with Crippen LogP contribution in [0.3, 0.4) is 0 Å². The van der Waals surface area contributed by atoms with E-state index in [4.69, 9.17) is 9.47 Å². The molecule has 2 aromatic carbocycles. The lowest BCUT2D eigenvalue weighted by Crippen LogP contribution is -2.39. The number of aromatic nitrogens is 1. The van der Waals surface area contributed by atoms with Crippen LogP contribution in [0.2, 0.25) is 0 Å². The van der Waals surface area contributed by atoms with E-state index in [2.05, 4.69) is 4.99 Å². The molecule has 0 amide bonds. The molecule has 0 N–H and O–H groups in total. The maximum atomic E-state index is 13.5. The van der Waals surface area contributed by atoms with Crippen LogP contribution in [0, 0.1) is 0 Å². The van der Waals surface area contributed by atoms with Crippen molar-refractivity contribution in [1.29, 1.82) is 0 Å². The highest BCUT2D eigenvalue weighted by Gasteiger charge is 2.33. The molecule has 6 nitrogen and oxygen atoms in total. The van der Waals surface area contributed by atoms with Gasteiger partial charge in [0, 0.05) is 0 Å². The van der Waals surface area contributed by atoms with Crippen LogP contribution in [0.4, 0.5) is 0 Å². The number of hydrogen-bond donors (Lipinski definition) is 0. The smallest absolute Gasteiger partial charge is 0.338 e. The highest BCUT2D eigenvalue weighted by atomic mass is 32.1. The van der Waals surface area contributed by atoms with Gasteiger partial charge in [0.15, 0.2) is 4.80 Å². The first-order valence-corrected chi connectivity index (χ1v) is 10.7. The number of hydrogen-bond acceptors (Lipinski definition) is 6. The zero-order valence-electron chi connectivity index (χ0n) is 17.5. The first-order chi connectivity index (χ1) is 15.0. The molecule has 7 heteroatoms. The van der Waals surface area contributed by atoms with Gasteiger partial charge in [0.1, 0.15) is 5.75 Å². The molecule has 1 aliphatic rings. The second kappa shape index (κ2) is 8.73. The second-order valence-electron chi connectivity index (χ2n) is 6.99. The Labute approximate surface area is 183 Å². The Balaban J connectivity index is 1.94. The van der Waals surface area contributed by atoms with Crippen molar-refractivity contribution in [2.24, 2.45) is 4.99 Å². The van der Waals surface area contributed by atoms with E-state index in [1.807, 2.05) is 60.7 Å². The molecule has 1 aliphatic heterocycles. The third-order valence-electron chi connectivity index (χ3n) is 5.02. The second-order valence-corrected chi connectivity index (χ2v) is 8.00. The molecule has 158 valence electrons. The van der Waals surface area contributed by atoms with Crippen LogP contribution in [0.1, 0.15) is 31.0 Å². The molecule has 3 aromatic rings. The summed E-state index contributed by atoms with van der Waals surface area (Å²) in [5.74, 6) is 0.254. The lowest BCUT2D eigenvalue weighted by molar-refractivity contribution is -0.139. The molecule has 4 rings (SSSR count). The van der Waals surface area contributed by atoms with Crippen molar-refractivity contribution in [3.63, 3.8) is 0 Å². The van der Waals surface area contributed by atoms with Gasteiger partial charge in [-0.25, -0.2) is 9.79 Å². The average molecular weight is 435 g/mol. The Morgan fingerprint density at radius 1 is 1.19 bits per heavy atom. The number of methoxy groups -OCH3 is 1. The maximum absolute atomic E-state index is 13.5. The molecule has 1 unspecified atom stereocenters. The van der Waals surface area contributed by atoms with Gasteiger partial charge in [-0.2, -0.15) is 0 Å². The van der Waals surface area contributed by atoms with E-state index in [0.717, 1.165) is 11.1 Å². The third-order valence-corrected chi connectivity index (χ3v) is 6.01. The summed E-state index contributed by atoms with van der Waals surface area (Å²) in [5, 5.41) is 0. The fourth-order valence-corrected chi connectivity index (χ4v) is 4.67. The van der Waals surface area contributed by atoms with Gasteiger partial charge < -0.3 is 9.47 Å². The Morgan fingerprint density at radius 2 is 1.97 bits per heavy atom. The SMILES string of the molecule is CCOC(=O)C1=C(C)N=c2s/c(=C/c3cccc(OC)c3)c(=O)n2C1c1ccccc1. The molecule has 2 heterocycles. The van der Waals surface area contributed by atoms with Crippen LogP contribution in [0.5, 0.6) is 5.75 Å². The summed E-state index contributed by atoms with van der Waals surface area (Å²) in [6.07, 6.45) is 1.82. The van der Waals surface area contributed by atoms with Gasteiger partial charge >= 0.3 is 5.97 Å². The molecule has 0 spiro atoms. The molecule has 0 saturated heterocycles. The van der Waals surface area contributed by atoms with E-state index in [1.54, 1.807) is 25.5 Å². The van der Waals surface area contributed by atoms with E-state index in [0.29, 0.717) is 26.4 Å². The minimum atomic E-state index is -0.594. The van der Waals surface area contributed by atoms with Gasteiger partial charge in [-0.05, 0) is 43.2 Å². The Morgan fingerprint density at radius 3 is 2.68 bits per heavy atom. The summed E-state index contributed by atoms with van der Waals surface area (Å²) in [5.41, 5.74) is 2.42. The van der Waals surface area contributed by atoms with Crippen LogP contribution in [0.25, 0.3) is 6.08 Å². The van der Waals surface area contributed by atoms with Crippen molar-refractivity contribution in [3.8, 4) is 5.75 Å². The quantitative estimate of drug-likeness (QED) is 0.579. The monoisotopic (exact) mass is 434 g/mol. The highest BCUT2D eigenvalue weighted by molar-refractivity contribution is 7.07. The van der Waals surface area contributed by atoms with Crippen molar-refractivity contribution < 1.29 is 14.3 Å². The highest BCUT2D eigenvalue weighted by Crippen LogP contribution is 2.30. The van der Waals surface area contributed by atoms with Crippen molar-refractivity contribution >= 4 is 23.4 Å². The molecule has 31 heavy (non-hydrogen) atoms. The Kier molecular flexibility index (Phi) is 5.86. The molecular weight excluding hydrogens is 412 g/mol. The lowest BCUT2D eigenvalue weighted by Gasteiger charge is -2.24. The summed E-state index contributed by atoms with van der Waals surface area (Å²) in [6, 6.07) is 16.4. The predicted molar refractivity (Wildman–Crippen MR) is 120 cm³/mol. The van der Waals surface area contributed by atoms with Crippen LogP contribution >= 0.6 is 11.3 Å². The number of allylic oxidation sites excluding steroid dienone is 1. The minimum absolute atomic E-state index is 0.199. The number of esters is 1. The fourth-order valence-electron chi connectivity index (χ4n) is 3.62. The number of rotatable bonds is 5. The molecule has 0 radical (unpaired) electrons. The number of benzene rings is 2. The van der Waals surface area contributed by atoms with E-state index in [9.17, 15) is 9.59 Å². The van der Waals surface area contributed by atoms with Gasteiger partial charge in [-0.3, -0.25) is 9.36 Å². The largest absolute Gasteiger partial charge is 0.497 e. The average Bonchev–Trinajstić information content (AvgIpc) is 3.08. The zero-order chi connectivity index (χ0) is 22.0. The fraction of sp³-hybridized carbons (Fsp3) is 0.208. The van der Waals surface area contributed by atoms with Crippen LogP contribution in [-0.4, -0.2) is 24.3 Å². The van der Waals surface area contributed by atoms with Crippen LogP contribution in [-0.2, 0) is 9.53 Å². The molecule has 0 fully saturated rings. The molecule has 0 saturated carbocycles. The van der Waals surface area contributed by atoms with Crippen molar-refractivity contribution in [2.45, 2.75) is 19.9 Å². The standard InChI is InChI=1S/C24H22N2O4S/c1-4-30-23(28)20-15(2)25-24-26(21(20)17-10-6-5-7-11-17)22(27)19(31-24)14-16-9-8-12-18(13-16)29-3/h5-14,21H,4H2,1-3H3/b19-14+. The van der Waals surface area contributed by atoms with Gasteiger partial charge in [-0.1, -0.05) is 53.8 Å². The topological polar surface area (TPSA) is 69.9 Å². The number of nitrogens with zero attached hydrogens (tertiary/aromatic N) is 2. The number of ether oxygens (including phenoxy) is 2. The number of fused-ring (bicyclic) bond motifs is 1. The zero-order valence-corrected chi connectivity index (χ0v) is 18.3. The van der Waals surface area contributed by atoms with Gasteiger partial charge in [0.25, 0.3) is 5.56 Å². The predicted octanol–water partition coefficient (Wildman–Crippen LogP) is 2.81. The summed E-state index contributed by atoms with van der Waals surface area (Å²) in [6.45, 7) is 3.79. The lowest BCUT2D eigenvalue weighted by atomic mass is 9.96. The van der Waals surface area contributed by atoms with E-state index < -0.39 is 12.0 Å². The molecule has 0 bridgehead atoms. The molecule has 1 aromatic heterocycles. The molecular formula is C24H22N2O4S. The third kappa shape index (κ3) is 3.96. The maximum Gasteiger partial charge on any atom is 0.338 e. The molecule has 1 atom stereocenters. The number of thiazole rings is 1. The Hall–Kier alpha value is -3.45. The van der Waals surface area contributed by atoms with E-state index in [1.165, 1.54) is 11.3 Å². The minimum Gasteiger partial charge on any atom is -0.497 e. The first-order valence-electron chi connectivity index (χ1n) is 9.92. The normalized spacial score (nSPS) is 16.0. The Bertz CT molecular complexity index is 1340. The van der Waals surface area contributed by atoms with E-state index >= 15 is 0 Å². The number of carbonyl (C=O) groups is 1. The summed E-state index contributed by atoms with van der Waals surface area (Å²) >= 11 is 1.30. The summed E-state index contributed by atoms with van der Waals surface area (Å²) in [4.78, 5) is 31.4. The summed E-state index contributed by atoms with van der Waals surface area (Å²) < 4.78 is 12.7.